The average Bonchev–Trinajstić information content (AvgIpc) is 2.75. The number of ketones is 3. The fourth-order valence-electron chi connectivity index (χ4n) is 4.43. The minimum Gasteiger partial charge on any atom is -0.310 e. The number of nitrogens with zero attached hydrogens (tertiary/aromatic N) is 1. The van der Waals surface area contributed by atoms with Crippen molar-refractivity contribution in [3.8, 4) is 0 Å². The summed E-state index contributed by atoms with van der Waals surface area (Å²) in [5.41, 5.74) is 0.542. The first-order valence-electron chi connectivity index (χ1n) is 10.8. The second kappa shape index (κ2) is 10.7. The molecule has 5 nitrogen and oxygen atoms in total. The molecule has 0 aromatic heterocycles. The average molecular weight is 415 g/mol. The van der Waals surface area contributed by atoms with Crippen molar-refractivity contribution >= 4 is 17.3 Å². The second-order valence-electron chi connectivity index (χ2n) is 8.51. The number of piperidine rings is 1. The topological polar surface area (TPSA) is 66.5 Å². The third-order valence-electron chi connectivity index (χ3n) is 6.34. The van der Waals surface area contributed by atoms with Crippen LogP contribution in [0.3, 0.4) is 0 Å². The molecule has 0 saturated carbocycles. The number of allylic oxidation sites excluding steroid dienone is 2. The Hall–Kier alpha value is -2.18. The highest BCUT2D eigenvalue weighted by Gasteiger charge is 2.31. The quantitative estimate of drug-likeness (QED) is 0.497. The van der Waals surface area contributed by atoms with E-state index in [-0.39, 0.29) is 35.0 Å². The molecule has 2 aliphatic rings. The van der Waals surface area contributed by atoms with Crippen LogP contribution in [0, 0.1) is 23.6 Å². The maximum absolute atomic E-state index is 13.0. The Morgan fingerprint density at radius 2 is 1.67 bits per heavy atom. The fourth-order valence-corrected chi connectivity index (χ4v) is 4.43. The van der Waals surface area contributed by atoms with Gasteiger partial charge in [-0.2, -0.15) is 0 Å². The number of rotatable bonds is 9. The monoisotopic (exact) mass is 414 g/mol. The first-order chi connectivity index (χ1) is 14.4. The van der Waals surface area contributed by atoms with Crippen LogP contribution in [-0.4, -0.2) is 55.0 Å². The van der Waals surface area contributed by atoms with Crippen molar-refractivity contribution < 1.29 is 18.8 Å². The third kappa shape index (κ3) is 6.16. The maximum atomic E-state index is 13.0. The second-order valence-corrected chi connectivity index (χ2v) is 8.51. The molecule has 0 spiro atoms. The van der Waals surface area contributed by atoms with Gasteiger partial charge in [-0.3, -0.25) is 19.3 Å². The molecule has 3 rings (SSSR count). The van der Waals surface area contributed by atoms with Crippen molar-refractivity contribution in [3.63, 3.8) is 0 Å². The van der Waals surface area contributed by atoms with E-state index in [1.54, 1.807) is 6.92 Å². The van der Waals surface area contributed by atoms with E-state index in [2.05, 4.69) is 10.2 Å². The summed E-state index contributed by atoms with van der Waals surface area (Å²) < 4.78 is 13.0. The minimum absolute atomic E-state index is 0.0127. The Kier molecular flexibility index (Phi) is 8.05. The predicted molar refractivity (Wildman–Crippen MR) is 114 cm³/mol. The molecular weight excluding hydrogens is 383 g/mol. The highest BCUT2D eigenvalue weighted by atomic mass is 19.1. The van der Waals surface area contributed by atoms with Crippen molar-refractivity contribution in [2.75, 3.05) is 32.7 Å². The first kappa shape index (κ1) is 22.5. The van der Waals surface area contributed by atoms with Crippen LogP contribution in [0.4, 0.5) is 4.39 Å². The zero-order chi connectivity index (χ0) is 21.5. The van der Waals surface area contributed by atoms with E-state index in [9.17, 15) is 18.8 Å². The number of likely N-dealkylation sites (tertiary alicyclic amines) is 1. The van der Waals surface area contributed by atoms with Gasteiger partial charge in [0.25, 0.3) is 0 Å². The zero-order valence-electron chi connectivity index (χ0n) is 17.6. The SMILES string of the molecule is CC(=O)C1CC=CCC1C(=O)CNCC1CCN(CC(=O)c2ccc(F)cc2)CC1. The van der Waals surface area contributed by atoms with Crippen molar-refractivity contribution in [2.45, 2.75) is 32.6 Å². The van der Waals surface area contributed by atoms with Crippen LogP contribution in [0.5, 0.6) is 0 Å². The van der Waals surface area contributed by atoms with Gasteiger partial charge in [0.05, 0.1) is 13.1 Å². The molecule has 2 atom stereocenters. The number of hydrogen-bond acceptors (Lipinski definition) is 5. The highest BCUT2D eigenvalue weighted by molar-refractivity contribution is 5.97. The lowest BCUT2D eigenvalue weighted by atomic mass is 9.78. The lowest BCUT2D eigenvalue weighted by molar-refractivity contribution is -0.131. The van der Waals surface area contributed by atoms with Crippen LogP contribution in [0.25, 0.3) is 0 Å². The van der Waals surface area contributed by atoms with Gasteiger partial charge < -0.3 is 5.32 Å². The largest absolute Gasteiger partial charge is 0.310 e. The van der Waals surface area contributed by atoms with Crippen LogP contribution >= 0.6 is 0 Å². The fraction of sp³-hybridized carbons (Fsp3) is 0.542. The minimum atomic E-state index is -0.338. The van der Waals surface area contributed by atoms with Crippen LogP contribution in [0.2, 0.25) is 0 Å². The molecule has 1 fully saturated rings. The molecule has 1 aromatic carbocycles. The molecule has 30 heavy (non-hydrogen) atoms. The van der Waals surface area contributed by atoms with Crippen molar-refractivity contribution in [2.24, 2.45) is 17.8 Å². The summed E-state index contributed by atoms with van der Waals surface area (Å²) in [5.74, 6) is 0.00584. The van der Waals surface area contributed by atoms with Gasteiger partial charge in [-0.05, 0) is 82.4 Å². The molecule has 0 amide bonds. The van der Waals surface area contributed by atoms with Gasteiger partial charge in [0.2, 0.25) is 0 Å². The summed E-state index contributed by atoms with van der Waals surface area (Å²) in [6.45, 7) is 4.70. The molecule has 1 saturated heterocycles. The third-order valence-corrected chi connectivity index (χ3v) is 6.34. The van der Waals surface area contributed by atoms with Gasteiger partial charge in [-0.25, -0.2) is 4.39 Å². The lowest BCUT2D eigenvalue weighted by Gasteiger charge is -2.31. The summed E-state index contributed by atoms with van der Waals surface area (Å²) in [5, 5.41) is 3.29. The molecule has 0 bridgehead atoms. The Bertz CT molecular complexity index is 782. The number of carbonyl (C=O) groups is 3. The van der Waals surface area contributed by atoms with Gasteiger partial charge in [-0.1, -0.05) is 12.2 Å². The molecule has 1 heterocycles. The zero-order valence-corrected chi connectivity index (χ0v) is 17.6. The standard InChI is InChI=1S/C24H31FN2O3/c1-17(28)21-4-2-3-5-22(21)23(29)15-26-14-18-10-12-27(13-11-18)16-24(30)19-6-8-20(25)9-7-19/h2-3,6-9,18,21-22,26H,4-5,10-16H2,1H3. The molecule has 0 radical (unpaired) electrons. The summed E-state index contributed by atoms with van der Waals surface area (Å²) >= 11 is 0. The van der Waals surface area contributed by atoms with E-state index in [0.717, 1.165) is 32.5 Å². The van der Waals surface area contributed by atoms with E-state index in [4.69, 9.17) is 0 Å². The summed E-state index contributed by atoms with van der Waals surface area (Å²) in [7, 11) is 0. The lowest BCUT2D eigenvalue weighted by Crippen LogP contribution is -2.41. The number of hydrogen-bond donors (Lipinski definition) is 1. The first-order valence-corrected chi connectivity index (χ1v) is 10.8. The van der Waals surface area contributed by atoms with Crippen molar-refractivity contribution in [1.29, 1.82) is 0 Å². The normalized spacial score (nSPS) is 22.7. The molecule has 2 unspecified atom stereocenters. The van der Waals surface area contributed by atoms with E-state index < -0.39 is 0 Å². The summed E-state index contributed by atoms with van der Waals surface area (Å²) in [6, 6.07) is 5.69. The van der Waals surface area contributed by atoms with E-state index in [1.165, 1.54) is 24.3 Å². The molecule has 1 aliphatic carbocycles. The predicted octanol–water partition coefficient (Wildman–Crippen LogP) is 3.05. The summed E-state index contributed by atoms with van der Waals surface area (Å²) in [6.07, 6.45) is 7.27. The maximum Gasteiger partial charge on any atom is 0.176 e. The van der Waals surface area contributed by atoms with Crippen LogP contribution < -0.4 is 5.32 Å². The van der Waals surface area contributed by atoms with Crippen molar-refractivity contribution in [1.82, 2.24) is 10.2 Å². The Labute approximate surface area is 177 Å². The molecular formula is C24H31FN2O3. The number of carbonyl (C=O) groups excluding carboxylic acids is 3. The van der Waals surface area contributed by atoms with Crippen LogP contribution in [0.15, 0.2) is 36.4 Å². The van der Waals surface area contributed by atoms with E-state index in [1.807, 2.05) is 12.2 Å². The smallest absolute Gasteiger partial charge is 0.176 e. The summed E-state index contributed by atoms with van der Waals surface area (Å²) in [4.78, 5) is 38.8. The number of halogens is 1. The number of Topliss-reactive ketones (excluding diaryl/α,β-unsaturated/α-hetero) is 3. The van der Waals surface area contributed by atoms with Crippen LogP contribution in [-0.2, 0) is 9.59 Å². The molecule has 1 aliphatic heterocycles. The van der Waals surface area contributed by atoms with Crippen molar-refractivity contribution in [3.05, 3.63) is 47.8 Å². The Morgan fingerprint density at radius 3 is 2.30 bits per heavy atom. The van der Waals surface area contributed by atoms with Gasteiger partial charge >= 0.3 is 0 Å². The highest BCUT2D eigenvalue weighted by Crippen LogP contribution is 2.27. The molecule has 1 aromatic rings. The Balaban J connectivity index is 1.36. The number of benzene rings is 1. The van der Waals surface area contributed by atoms with E-state index >= 15 is 0 Å². The van der Waals surface area contributed by atoms with Crippen LogP contribution in [0.1, 0.15) is 43.0 Å². The van der Waals surface area contributed by atoms with Gasteiger partial charge in [0.15, 0.2) is 11.6 Å². The molecule has 6 heteroatoms. The van der Waals surface area contributed by atoms with Gasteiger partial charge in [0, 0.05) is 17.4 Å². The molecule has 1 N–H and O–H groups in total. The van der Waals surface area contributed by atoms with Gasteiger partial charge in [0.1, 0.15) is 11.6 Å². The molecule has 162 valence electrons. The van der Waals surface area contributed by atoms with Gasteiger partial charge in [-0.15, -0.1) is 0 Å². The van der Waals surface area contributed by atoms with E-state index in [0.29, 0.717) is 37.4 Å². The Morgan fingerprint density at radius 1 is 1.03 bits per heavy atom. The number of nitrogens with one attached hydrogen (secondary N) is 1.